The Balaban J connectivity index is 1.87. The monoisotopic (exact) mass is 306 g/mol. The van der Waals surface area contributed by atoms with Gasteiger partial charge in [0.05, 0.1) is 6.04 Å². The van der Waals surface area contributed by atoms with Crippen LogP contribution in [0.15, 0.2) is 28.8 Å². The number of halogens is 2. The van der Waals surface area contributed by atoms with Crippen LogP contribution in [0.25, 0.3) is 0 Å². The average Bonchev–Trinajstić information content (AvgIpc) is 2.79. The quantitative estimate of drug-likeness (QED) is 0.843. The first-order valence-electron chi connectivity index (χ1n) is 7.75. The van der Waals surface area contributed by atoms with Gasteiger partial charge < -0.3 is 4.52 Å². The number of aromatic nitrogens is 1. The molecule has 3 nitrogen and oxygen atoms in total. The SMILES string of the molecule is Cc1cc(C2CCCCCN2Cc2c(F)cccc2F)no1. The van der Waals surface area contributed by atoms with Crippen LogP contribution in [0.2, 0.25) is 0 Å². The minimum Gasteiger partial charge on any atom is -0.361 e. The van der Waals surface area contributed by atoms with E-state index in [4.69, 9.17) is 4.52 Å². The summed E-state index contributed by atoms with van der Waals surface area (Å²) in [6.07, 6.45) is 4.18. The van der Waals surface area contributed by atoms with Gasteiger partial charge in [-0.15, -0.1) is 0 Å². The minimum atomic E-state index is -0.487. The van der Waals surface area contributed by atoms with E-state index in [0.717, 1.165) is 43.7 Å². The first-order chi connectivity index (χ1) is 10.6. The molecule has 0 radical (unpaired) electrons. The number of hydrogen-bond donors (Lipinski definition) is 0. The summed E-state index contributed by atoms with van der Waals surface area (Å²) in [4.78, 5) is 2.12. The molecule has 0 amide bonds. The van der Waals surface area contributed by atoms with Crippen LogP contribution in [0.5, 0.6) is 0 Å². The van der Waals surface area contributed by atoms with E-state index in [1.165, 1.54) is 18.2 Å². The van der Waals surface area contributed by atoms with Gasteiger partial charge >= 0.3 is 0 Å². The van der Waals surface area contributed by atoms with E-state index in [-0.39, 0.29) is 18.2 Å². The van der Waals surface area contributed by atoms with E-state index in [9.17, 15) is 8.78 Å². The molecule has 3 rings (SSSR count). The maximum Gasteiger partial charge on any atom is 0.133 e. The van der Waals surface area contributed by atoms with Crippen LogP contribution in [0, 0.1) is 18.6 Å². The molecule has 1 atom stereocenters. The summed E-state index contributed by atoms with van der Waals surface area (Å²) in [7, 11) is 0. The summed E-state index contributed by atoms with van der Waals surface area (Å²) in [5, 5.41) is 4.11. The molecule has 1 fully saturated rings. The Labute approximate surface area is 128 Å². The van der Waals surface area contributed by atoms with E-state index in [1.54, 1.807) is 0 Å². The molecule has 0 saturated carbocycles. The third kappa shape index (κ3) is 3.19. The van der Waals surface area contributed by atoms with Crippen molar-refractivity contribution in [3.63, 3.8) is 0 Å². The Kier molecular flexibility index (Phi) is 4.52. The molecule has 22 heavy (non-hydrogen) atoms. The van der Waals surface area contributed by atoms with Crippen molar-refractivity contribution in [1.29, 1.82) is 0 Å². The fourth-order valence-corrected chi connectivity index (χ4v) is 3.12. The third-order valence-corrected chi connectivity index (χ3v) is 4.27. The standard InChI is InChI=1S/C17H20F2N2O/c1-12-10-16(20-22-12)17-8-3-2-4-9-21(17)11-13-14(18)6-5-7-15(13)19/h5-7,10,17H,2-4,8-9,11H2,1H3. The van der Waals surface area contributed by atoms with Gasteiger partial charge in [-0.25, -0.2) is 8.78 Å². The van der Waals surface area contributed by atoms with Crippen molar-refractivity contribution in [2.45, 2.75) is 45.2 Å². The van der Waals surface area contributed by atoms with Crippen molar-refractivity contribution < 1.29 is 13.3 Å². The smallest absolute Gasteiger partial charge is 0.133 e. The number of nitrogens with zero attached hydrogens (tertiary/aromatic N) is 2. The Morgan fingerprint density at radius 3 is 2.68 bits per heavy atom. The Hall–Kier alpha value is -1.75. The number of hydrogen-bond acceptors (Lipinski definition) is 3. The molecule has 2 aromatic rings. The van der Waals surface area contributed by atoms with E-state index >= 15 is 0 Å². The van der Waals surface area contributed by atoms with Crippen LogP contribution in [0.3, 0.4) is 0 Å². The lowest BCUT2D eigenvalue weighted by atomic mass is 10.1. The van der Waals surface area contributed by atoms with Crippen LogP contribution in [0.1, 0.15) is 48.7 Å². The highest BCUT2D eigenvalue weighted by Crippen LogP contribution is 2.31. The number of aryl methyl sites for hydroxylation is 1. The number of likely N-dealkylation sites (tertiary alicyclic amines) is 1. The van der Waals surface area contributed by atoms with Gasteiger partial charge in [0.2, 0.25) is 0 Å². The van der Waals surface area contributed by atoms with Gasteiger partial charge in [-0.1, -0.05) is 24.1 Å². The fraction of sp³-hybridized carbons (Fsp3) is 0.471. The van der Waals surface area contributed by atoms with E-state index < -0.39 is 11.6 Å². The molecule has 0 spiro atoms. The van der Waals surface area contributed by atoms with Gasteiger partial charge in [-0.3, -0.25) is 4.90 Å². The van der Waals surface area contributed by atoms with Crippen molar-refractivity contribution in [1.82, 2.24) is 10.1 Å². The summed E-state index contributed by atoms with van der Waals surface area (Å²) < 4.78 is 33.1. The third-order valence-electron chi connectivity index (χ3n) is 4.27. The first kappa shape index (κ1) is 15.2. The molecule has 1 saturated heterocycles. The zero-order valence-electron chi connectivity index (χ0n) is 12.7. The summed E-state index contributed by atoms with van der Waals surface area (Å²) in [6, 6.07) is 5.99. The Bertz CT molecular complexity index is 621. The summed E-state index contributed by atoms with van der Waals surface area (Å²) in [6.45, 7) is 2.92. The van der Waals surface area contributed by atoms with Crippen LogP contribution >= 0.6 is 0 Å². The van der Waals surface area contributed by atoms with Crippen LogP contribution in [0.4, 0.5) is 8.78 Å². The van der Waals surface area contributed by atoms with Crippen LogP contribution in [-0.2, 0) is 6.54 Å². The van der Waals surface area contributed by atoms with E-state index in [0.29, 0.717) is 0 Å². The second-order valence-corrected chi connectivity index (χ2v) is 5.90. The maximum absolute atomic E-state index is 13.9. The molecule has 1 aliphatic rings. The molecule has 1 unspecified atom stereocenters. The van der Waals surface area contributed by atoms with Gasteiger partial charge in [0.25, 0.3) is 0 Å². The van der Waals surface area contributed by atoms with Crippen molar-refractivity contribution in [3.8, 4) is 0 Å². The topological polar surface area (TPSA) is 29.3 Å². The molecular weight excluding hydrogens is 286 g/mol. The van der Waals surface area contributed by atoms with Gasteiger partial charge in [0, 0.05) is 18.2 Å². The molecule has 0 N–H and O–H groups in total. The molecule has 1 aromatic heterocycles. The largest absolute Gasteiger partial charge is 0.361 e. The minimum absolute atomic E-state index is 0.0546. The lowest BCUT2D eigenvalue weighted by Gasteiger charge is -2.28. The van der Waals surface area contributed by atoms with Crippen molar-refractivity contribution in [2.75, 3.05) is 6.54 Å². The predicted octanol–water partition coefficient (Wildman–Crippen LogP) is 4.38. The Morgan fingerprint density at radius 1 is 1.23 bits per heavy atom. The van der Waals surface area contributed by atoms with E-state index in [2.05, 4.69) is 10.1 Å². The zero-order valence-corrected chi connectivity index (χ0v) is 12.7. The Morgan fingerprint density at radius 2 is 2.00 bits per heavy atom. The number of rotatable bonds is 3. The van der Waals surface area contributed by atoms with Gasteiger partial charge in [0.15, 0.2) is 0 Å². The average molecular weight is 306 g/mol. The van der Waals surface area contributed by atoms with Crippen LogP contribution < -0.4 is 0 Å². The van der Waals surface area contributed by atoms with E-state index in [1.807, 2.05) is 13.0 Å². The lowest BCUT2D eigenvalue weighted by molar-refractivity contribution is 0.179. The number of benzene rings is 1. The van der Waals surface area contributed by atoms with Crippen LogP contribution in [-0.4, -0.2) is 16.6 Å². The molecule has 0 bridgehead atoms. The molecule has 1 aromatic carbocycles. The lowest BCUT2D eigenvalue weighted by Crippen LogP contribution is -2.29. The fourth-order valence-electron chi connectivity index (χ4n) is 3.12. The molecule has 2 heterocycles. The van der Waals surface area contributed by atoms with Gasteiger partial charge in [0.1, 0.15) is 23.1 Å². The second-order valence-electron chi connectivity index (χ2n) is 5.90. The highest BCUT2D eigenvalue weighted by Gasteiger charge is 2.26. The molecule has 1 aliphatic heterocycles. The van der Waals surface area contributed by atoms with Gasteiger partial charge in [-0.05, 0) is 38.4 Å². The summed E-state index contributed by atoms with van der Waals surface area (Å²) in [5.41, 5.74) is 0.991. The highest BCUT2D eigenvalue weighted by molar-refractivity contribution is 5.20. The highest BCUT2D eigenvalue weighted by atomic mass is 19.1. The molecule has 5 heteroatoms. The zero-order chi connectivity index (χ0) is 15.5. The molecule has 118 valence electrons. The van der Waals surface area contributed by atoms with Crippen molar-refractivity contribution in [3.05, 3.63) is 52.9 Å². The molecular formula is C17H20F2N2O. The van der Waals surface area contributed by atoms with Crippen molar-refractivity contribution >= 4 is 0 Å². The normalized spacial score (nSPS) is 20.0. The maximum atomic E-state index is 13.9. The second kappa shape index (κ2) is 6.57. The molecule has 0 aliphatic carbocycles. The first-order valence-corrected chi connectivity index (χ1v) is 7.75. The predicted molar refractivity (Wildman–Crippen MR) is 79.2 cm³/mol. The van der Waals surface area contributed by atoms with Crippen molar-refractivity contribution in [2.24, 2.45) is 0 Å². The van der Waals surface area contributed by atoms with Gasteiger partial charge in [-0.2, -0.15) is 0 Å². The summed E-state index contributed by atoms with van der Waals surface area (Å²) in [5.74, 6) is -0.213. The summed E-state index contributed by atoms with van der Waals surface area (Å²) >= 11 is 0.